The second-order valence-electron chi connectivity index (χ2n) is 7.23. The quantitative estimate of drug-likeness (QED) is 0.620. The van der Waals surface area contributed by atoms with Crippen LogP contribution in [0.2, 0.25) is 0 Å². The van der Waals surface area contributed by atoms with Crippen LogP contribution in [0.4, 0.5) is 0 Å². The number of benzene rings is 2. The zero-order valence-electron chi connectivity index (χ0n) is 15.8. The van der Waals surface area contributed by atoms with E-state index in [0.29, 0.717) is 6.04 Å². The fourth-order valence-corrected chi connectivity index (χ4v) is 3.02. The number of carbonyl (C=O) groups is 2. The Morgan fingerprint density at radius 1 is 1.00 bits per heavy atom. The Morgan fingerprint density at radius 3 is 2.23 bits per heavy atom. The van der Waals surface area contributed by atoms with Gasteiger partial charge < -0.3 is 5.32 Å². The summed E-state index contributed by atoms with van der Waals surface area (Å²) in [4.78, 5) is 23.6. The van der Waals surface area contributed by atoms with Crippen LogP contribution >= 0.6 is 0 Å². The third-order valence-corrected chi connectivity index (χ3v) is 4.86. The molecule has 0 spiro atoms. The number of ketones is 1. The maximum atomic E-state index is 12.2. The lowest BCUT2D eigenvalue weighted by molar-refractivity contribution is -0.117. The molecule has 1 aliphatic rings. The van der Waals surface area contributed by atoms with Crippen molar-refractivity contribution in [2.24, 2.45) is 0 Å². The van der Waals surface area contributed by atoms with Crippen LogP contribution in [-0.4, -0.2) is 17.7 Å². The average molecular weight is 347 g/mol. The van der Waals surface area contributed by atoms with E-state index in [1.54, 1.807) is 6.92 Å². The Hall–Kier alpha value is -2.68. The van der Waals surface area contributed by atoms with Crippen LogP contribution in [0.3, 0.4) is 0 Å². The molecule has 0 saturated heterocycles. The van der Waals surface area contributed by atoms with Gasteiger partial charge in [0.15, 0.2) is 5.78 Å². The molecule has 0 atom stereocenters. The van der Waals surface area contributed by atoms with Crippen molar-refractivity contribution < 1.29 is 9.59 Å². The highest BCUT2D eigenvalue weighted by Gasteiger charge is 2.23. The molecule has 3 nitrogen and oxygen atoms in total. The molecule has 0 aliphatic heterocycles. The van der Waals surface area contributed by atoms with Crippen molar-refractivity contribution in [3.8, 4) is 11.1 Å². The fourth-order valence-electron chi connectivity index (χ4n) is 3.02. The predicted molar refractivity (Wildman–Crippen MR) is 106 cm³/mol. The highest BCUT2D eigenvalue weighted by molar-refractivity contribution is 5.98. The Kier molecular flexibility index (Phi) is 5.08. The topological polar surface area (TPSA) is 46.2 Å². The number of carbonyl (C=O) groups excluding carboxylic acids is 2. The van der Waals surface area contributed by atoms with E-state index in [0.717, 1.165) is 51.8 Å². The number of hydrogen-bond acceptors (Lipinski definition) is 2. The van der Waals surface area contributed by atoms with E-state index >= 15 is 0 Å². The van der Waals surface area contributed by atoms with Crippen LogP contribution in [0.1, 0.15) is 53.7 Å². The number of aryl methyl sites for hydroxylation is 2. The summed E-state index contributed by atoms with van der Waals surface area (Å²) in [5.41, 5.74) is 7.03. The van der Waals surface area contributed by atoms with E-state index in [1.807, 2.05) is 37.3 Å². The van der Waals surface area contributed by atoms with Gasteiger partial charge in [-0.15, -0.1) is 0 Å². The van der Waals surface area contributed by atoms with Crippen LogP contribution in [0, 0.1) is 13.8 Å². The van der Waals surface area contributed by atoms with Crippen molar-refractivity contribution in [2.75, 3.05) is 0 Å². The van der Waals surface area contributed by atoms with Gasteiger partial charge in [0.05, 0.1) is 0 Å². The number of Topliss-reactive ketones (excluding diaryl/α,β-unsaturated/α-hetero) is 1. The maximum Gasteiger partial charge on any atom is 0.247 e. The van der Waals surface area contributed by atoms with Gasteiger partial charge in [0.2, 0.25) is 5.91 Å². The molecule has 2 aromatic rings. The van der Waals surface area contributed by atoms with Crippen LogP contribution in [0.5, 0.6) is 0 Å². The van der Waals surface area contributed by atoms with Gasteiger partial charge in [-0.1, -0.05) is 36.4 Å². The molecule has 3 rings (SSSR count). The summed E-state index contributed by atoms with van der Waals surface area (Å²) < 4.78 is 0. The Balaban J connectivity index is 1.87. The SMILES string of the molecule is CC(=O)c1ccc(-c2cc(C)c(C=C(C)C(=O)NC3CC3)cc2C)cc1. The number of rotatable bonds is 5. The van der Waals surface area contributed by atoms with E-state index in [1.165, 1.54) is 0 Å². The van der Waals surface area contributed by atoms with E-state index < -0.39 is 0 Å². The molecule has 0 unspecified atom stereocenters. The largest absolute Gasteiger partial charge is 0.350 e. The smallest absolute Gasteiger partial charge is 0.247 e. The molecule has 3 heteroatoms. The van der Waals surface area contributed by atoms with Gasteiger partial charge in [0.1, 0.15) is 0 Å². The minimum atomic E-state index is 0.0217. The van der Waals surface area contributed by atoms with Gasteiger partial charge in [-0.25, -0.2) is 0 Å². The number of hydrogen-bond donors (Lipinski definition) is 1. The molecule has 1 amide bonds. The molecule has 1 saturated carbocycles. The zero-order valence-corrected chi connectivity index (χ0v) is 15.8. The lowest BCUT2D eigenvalue weighted by Gasteiger charge is -2.12. The third kappa shape index (κ3) is 4.10. The lowest BCUT2D eigenvalue weighted by Crippen LogP contribution is -2.25. The third-order valence-electron chi connectivity index (χ3n) is 4.86. The van der Waals surface area contributed by atoms with Crippen LogP contribution in [0.15, 0.2) is 42.0 Å². The summed E-state index contributed by atoms with van der Waals surface area (Å²) in [6, 6.07) is 12.4. The minimum Gasteiger partial charge on any atom is -0.350 e. The first-order valence-corrected chi connectivity index (χ1v) is 9.07. The molecule has 1 N–H and O–H groups in total. The minimum absolute atomic E-state index is 0.0217. The molecule has 0 aromatic heterocycles. The zero-order chi connectivity index (χ0) is 18.8. The van der Waals surface area contributed by atoms with E-state index in [2.05, 4.69) is 31.3 Å². The Bertz CT molecular complexity index is 887. The first-order valence-electron chi connectivity index (χ1n) is 9.07. The molecule has 1 fully saturated rings. The van der Waals surface area contributed by atoms with Crippen molar-refractivity contribution in [1.29, 1.82) is 0 Å². The summed E-state index contributed by atoms with van der Waals surface area (Å²) in [6.07, 6.45) is 4.14. The first kappa shape index (κ1) is 18.1. The Labute approximate surface area is 155 Å². The lowest BCUT2D eigenvalue weighted by atomic mass is 9.93. The molecule has 0 radical (unpaired) electrons. The molecule has 26 heavy (non-hydrogen) atoms. The van der Waals surface area contributed by atoms with Crippen molar-refractivity contribution in [3.63, 3.8) is 0 Å². The van der Waals surface area contributed by atoms with Gasteiger partial charge in [0.25, 0.3) is 0 Å². The number of amides is 1. The highest BCUT2D eigenvalue weighted by Crippen LogP contribution is 2.28. The van der Waals surface area contributed by atoms with Crippen LogP contribution in [-0.2, 0) is 4.79 Å². The van der Waals surface area contributed by atoms with Crippen LogP contribution in [0.25, 0.3) is 17.2 Å². The summed E-state index contributed by atoms with van der Waals surface area (Å²) >= 11 is 0. The monoisotopic (exact) mass is 347 g/mol. The molecular formula is C23H25NO2. The highest BCUT2D eigenvalue weighted by atomic mass is 16.1. The van der Waals surface area contributed by atoms with Crippen molar-refractivity contribution in [3.05, 3.63) is 64.2 Å². The molecule has 2 aromatic carbocycles. The normalized spacial score (nSPS) is 14.2. The van der Waals surface area contributed by atoms with Gasteiger partial charge in [-0.3, -0.25) is 9.59 Å². The van der Waals surface area contributed by atoms with E-state index in [9.17, 15) is 9.59 Å². The fraction of sp³-hybridized carbons (Fsp3) is 0.304. The summed E-state index contributed by atoms with van der Waals surface area (Å²) in [7, 11) is 0. The van der Waals surface area contributed by atoms with E-state index in [4.69, 9.17) is 0 Å². The van der Waals surface area contributed by atoms with Crippen molar-refractivity contribution in [2.45, 2.75) is 46.6 Å². The maximum absolute atomic E-state index is 12.2. The van der Waals surface area contributed by atoms with Crippen molar-refractivity contribution >= 4 is 17.8 Å². The second kappa shape index (κ2) is 7.28. The molecule has 134 valence electrons. The Morgan fingerprint density at radius 2 is 1.65 bits per heavy atom. The average Bonchev–Trinajstić information content (AvgIpc) is 3.41. The summed E-state index contributed by atoms with van der Waals surface area (Å²) in [5.74, 6) is 0.0957. The molecule has 0 bridgehead atoms. The summed E-state index contributed by atoms with van der Waals surface area (Å²) in [6.45, 7) is 7.57. The van der Waals surface area contributed by atoms with Gasteiger partial charge >= 0.3 is 0 Å². The standard InChI is InChI=1S/C23H25NO2/c1-14-13-22(19-7-5-18(6-8-19)17(4)25)15(2)11-20(14)12-16(3)23(26)24-21-9-10-21/h5-8,11-13,21H,9-10H2,1-4H3,(H,24,26). The van der Waals surface area contributed by atoms with Gasteiger partial charge in [0, 0.05) is 17.2 Å². The van der Waals surface area contributed by atoms with Gasteiger partial charge in [-0.2, -0.15) is 0 Å². The molecule has 1 aliphatic carbocycles. The van der Waals surface area contributed by atoms with Crippen molar-refractivity contribution in [1.82, 2.24) is 5.32 Å². The van der Waals surface area contributed by atoms with Gasteiger partial charge in [-0.05, 0) is 74.4 Å². The summed E-state index contributed by atoms with van der Waals surface area (Å²) in [5, 5.41) is 3.02. The predicted octanol–water partition coefficient (Wildman–Crippen LogP) is 4.85. The van der Waals surface area contributed by atoms with E-state index in [-0.39, 0.29) is 11.7 Å². The second-order valence-corrected chi connectivity index (χ2v) is 7.23. The molecular weight excluding hydrogens is 322 g/mol. The molecule has 0 heterocycles. The number of nitrogens with one attached hydrogen (secondary N) is 1. The van der Waals surface area contributed by atoms with Crippen LogP contribution < -0.4 is 5.32 Å². The first-order chi connectivity index (χ1) is 12.3.